The van der Waals surface area contributed by atoms with Crippen LogP contribution in [-0.2, 0) is 6.54 Å². The molecule has 0 atom stereocenters. The van der Waals surface area contributed by atoms with Gasteiger partial charge in [0, 0.05) is 24.0 Å². The number of halogens is 1. The fourth-order valence-electron chi connectivity index (χ4n) is 2.38. The van der Waals surface area contributed by atoms with Crippen molar-refractivity contribution >= 4 is 0 Å². The van der Waals surface area contributed by atoms with Gasteiger partial charge in [0.1, 0.15) is 11.5 Å². The fraction of sp³-hybridized carbons (Fsp3) is 0.0556. The highest BCUT2D eigenvalue weighted by Crippen LogP contribution is 2.19. The summed E-state index contributed by atoms with van der Waals surface area (Å²) in [7, 11) is 0. The maximum atomic E-state index is 13.0. The Bertz CT molecular complexity index is 1090. The SMILES string of the molecule is O=c1ccc(-c2nc(-c3cccnc3)no2)nn1Cc1ccc(F)cc1. The third-order valence-corrected chi connectivity index (χ3v) is 3.68. The average Bonchev–Trinajstić information content (AvgIpc) is 3.16. The molecule has 26 heavy (non-hydrogen) atoms. The first kappa shape index (κ1) is 15.8. The standard InChI is InChI=1S/C18H12FN5O2/c19-14-5-3-12(4-6-14)11-24-16(25)8-7-15(22-24)18-21-17(23-26-18)13-2-1-9-20-10-13/h1-10H,11H2. The highest BCUT2D eigenvalue weighted by Gasteiger charge is 2.13. The molecule has 0 radical (unpaired) electrons. The Kier molecular flexibility index (Phi) is 4.06. The summed E-state index contributed by atoms with van der Waals surface area (Å²) in [5.74, 6) is 0.236. The zero-order valence-corrected chi connectivity index (χ0v) is 13.4. The molecule has 1 aromatic carbocycles. The average molecular weight is 349 g/mol. The van der Waals surface area contributed by atoms with Gasteiger partial charge in [-0.05, 0) is 35.9 Å². The lowest BCUT2D eigenvalue weighted by Gasteiger charge is -2.05. The maximum absolute atomic E-state index is 13.0. The summed E-state index contributed by atoms with van der Waals surface area (Å²) in [4.78, 5) is 20.4. The quantitative estimate of drug-likeness (QED) is 0.563. The minimum atomic E-state index is -0.336. The molecule has 0 aliphatic rings. The Morgan fingerprint density at radius 2 is 1.92 bits per heavy atom. The van der Waals surface area contributed by atoms with Gasteiger partial charge in [0.15, 0.2) is 0 Å². The molecule has 0 saturated heterocycles. The molecule has 0 fully saturated rings. The largest absolute Gasteiger partial charge is 0.332 e. The van der Waals surface area contributed by atoms with Crippen LogP contribution >= 0.6 is 0 Å². The van der Waals surface area contributed by atoms with Crippen LogP contribution in [0.2, 0.25) is 0 Å². The number of hydrogen-bond donors (Lipinski definition) is 0. The van der Waals surface area contributed by atoms with E-state index < -0.39 is 0 Å². The van der Waals surface area contributed by atoms with E-state index in [1.165, 1.54) is 28.9 Å². The molecule has 0 N–H and O–H groups in total. The lowest BCUT2D eigenvalue weighted by Crippen LogP contribution is -2.22. The molecule has 128 valence electrons. The minimum Gasteiger partial charge on any atom is -0.332 e. The first-order valence-electron chi connectivity index (χ1n) is 7.76. The number of hydrogen-bond acceptors (Lipinski definition) is 6. The van der Waals surface area contributed by atoms with Gasteiger partial charge in [-0.25, -0.2) is 9.07 Å². The second-order valence-corrected chi connectivity index (χ2v) is 5.51. The van der Waals surface area contributed by atoms with Crippen LogP contribution in [0.1, 0.15) is 5.56 Å². The van der Waals surface area contributed by atoms with Crippen LogP contribution in [0.15, 0.2) is 70.2 Å². The summed E-state index contributed by atoms with van der Waals surface area (Å²) in [6, 6.07) is 12.3. The van der Waals surface area contributed by atoms with E-state index in [0.29, 0.717) is 17.1 Å². The molecule has 0 aliphatic heterocycles. The van der Waals surface area contributed by atoms with Gasteiger partial charge in [0.2, 0.25) is 5.82 Å². The van der Waals surface area contributed by atoms with E-state index in [0.717, 1.165) is 5.56 Å². The maximum Gasteiger partial charge on any atom is 0.278 e. The van der Waals surface area contributed by atoms with Gasteiger partial charge >= 0.3 is 0 Å². The van der Waals surface area contributed by atoms with Crippen molar-refractivity contribution in [2.45, 2.75) is 6.54 Å². The minimum absolute atomic E-state index is 0.191. The molecule has 4 aromatic rings. The lowest BCUT2D eigenvalue weighted by atomic mass is 10.2. The number of rotatable bonds is 4. The van der Waals surface area contributed by atoms with Gasteiger partial charge < -0.3 is 4.52 Å². The molecule has 0 aliphatic carbocycles. The second-order valence-electron chi connectivity index (χ2n) is 5.51. The van der Waals surface area contributed by atoms with Crippen LogP contribution in [0.4, 0.5) is 4.39 Å². The number of aromatic nitrogens is 5. The van der Waals surface area contributed by atoms with E-state index in [9.17, 15) is 9.18 Å². The highest BCUT2D eigenvalue weighted by atomic mass is 19.1. The highest BCUT2D eigenvalue weighted by molar-refractivity contribution is 5.56. The van der Waals surface area contributed by atoms with Crippen molar-refractivity contribution in [1.82, 2.24) is 24.9 Å². The smallest absolute Gasteiger partial charge is 0.278 e. The molecular formula is C18H12FN5O2. The first-order chi connectivity index (χ1) is 12.7. The predicted octanol–water partition coefficient (Wildman–Crippen LogP) is 2.54. The summed E-state index contributed by atoms with van der Waals surface area (Å²) < 4.78 is 19.5. The van der Waals surface area contributed by atoms with E-state index in [1.807, 2.05) is 6.07 Å². The summed E-state index contributed by atoms with van der Waals surface area (Å²) >= 11 is 0. The van der Waals surface area contributed by atoms with Gasteiger partial charge in [-0.2, -0.15) is 10.1 Å². The summed E-state index contributed by atoms with van der Waals surface area (Å²) in [5, 5.41) is 8.18. The van der Waals surface area contributed by atoms with E-state index in [-0.39, 0.29) is 23.8 Å². The Hall–Kier alpha value is -3.68. The molecule has 3 aromatic heterocycles. The van der Waals surface area contributed by atoms with Crippen LogP contribution in [0.3, 0.4) is 0 Å². The Balaban J connectivity index is 1.65. The van der Waals surface area contributed by atoms with Crippen LogP contribution in [0, 0.1) is 5.82 Å². The molecule has 0 unspecified atom stereocenters. The summed E-state index contributed by atoms with van der Waals surface area (Å²) in [6.45, 7) is 0.205. The monoisotopic (exact) mass is 349 g/mol. The van der Waals surface area contributed by atoms with Crippen molar-refractivity contribution in [3.8, 4) is 23.0 Å². The third-order valence-electron chi connectivity index (χ3n) is 3.68. The second kappa shape index (κ2) is 6.67. The van der Waals surface area contributed by atoms with Crippen molar-refractivity contribution in [3.05, 3.63) is 82.7 Å². The van der Waals surface area contributed by atoms with Crippen LogP contribution in [-0.4, -0.2) is 24.9 Å². The number of nitrogens with zero attached hydrogens (tertiary/aromatic N) is 5. The zero-order valence-electron chi connectivity index (χ0n) is 13.4. The van der Waals surface area contributed by atoms with E-state index in [4.69, 9.17) is 4.52 Å². The summed E-state index contributed by atoms with van der Waals surface area (Å²) in [5.41, 5.74) is 1.54. The Labute approximate surface area is 146 Å². The third kappa shape index (κ3) is 3.25. The summed E-state index contributed by atoms with van der Waals surface area (Å²) in [6.07, 6.45) is 3.27. The first-order valence-corrected chi connectivity index (χ1v) is 7.76. The normalized spacial score (nSPS) is 10.8. The van der Waals surface area contributed by atoms with Gasteiger partial charge in [-0.1, -0.05) is 17.3 Å². The van der Waals surface area contributed by atoms with E-state index >= 15 is 0 Å². The van der Waals surface area contributed by atoms with Crippen molar-refractivity contribution in [1.29, 1.82) is 0 Å². The van der Waals surface area contributed by atoms with Crippen molar-refractivity contribution in [2.24, 2.45) is 0 Å². The van der Waals surface area contributed by atoms with Crippen molar-refractivity contribution in [3.63, 3.8) is 0 Å². The van der Waals surface area contributed by atoms with Crippen molar-refractivity contribution in [2.75, 3.05) is 0 Å². The molecule has 3 heterocycles. The van der Waals surface area contributed by atoms with Gasteiger partial charge in [-0.3, -0.25) is 9.78 Å². The lowest BCUT2D eigenvalue weighted by molar-refractivity contribution is 0.429. The number of pyridine rings is 1. The molecule has 0 saturated carbocycles. The van der Waals surface area contributed by atoms with Crippen LogP contribution in [0.5, 0.6) is 0 Å². The van der Waals surface area contributed by atoms with Crippen LogP contribution < -0.4 is 5.56 Å². The molecule has 0 bridgehead atoms. The van der Waals surface area contributed by atoms with Gasteiger partial charge in [0.25, 0.3) is 11.4 Å². The topological polar surface area (TPSA) is 86.7 Å². The Morgan fingerprint density at radius 1 is 1.08 bits per heavy atom. The van der Waals surface area contributed by atoms with E-state index in [2.05, 4.69) is 20.2 Å². The molecular weight excluding hydrogens is 337 g/mol. The van der Waals surface area contributed by atoms with Gasteiger partial charge in [-0.15, -0.1) is 0 Å². The molecule has 0 spiro atoms. The molecule has 4 rings (SSSR count). The van der Waals surface area contributed by atoms with Crippen molar-refractivity contribution < 1.29 is 8.91 Å². The Morgan fingerprint density at radius 3 is 2.69 bits per heavy atom. The van der Waals surface area contributed by atoms with Gasteiger partial charge in [0.05, 0.1) is 6.54 Å². The van der Waals surface area contributed by atoms with E-state index in [1.54, 1.807) is 30.6 Å². The predicted molar refractivity (Wildman–Crippen MR) is 90.5 cm³/mol. The molecule has 8 heteroatoms. The molecule has 0 amide bonds. The fourth-order valence-corrected chi connectivity index (χ4v) is 2.38. The number of benzene rings is 1. The molecule has 7 nitrogen and oxygen atoms in total. The zero-order chi connectivity index (χ0) is 17.9. The van der Waals surface area contributed by atoms with Crippen LogP contribution in [0.25, 0.3) is 23.0 Å².